The minimum absolute atomic E-state index is 0.141. The van der Waals surface area contributed by atoms with Gasteiger partial charge in [-0.1, -0.05) is 29.3 Å². The largest absolute Gasteiger partial charge is 0.493 e. The van der Waals surface area contributed by atoms with E-state index in [9.17, 15) is 14.9 Å². The number of nitriles is 1. The topological polar surface area (TPSA) is 110 Å². The SMILES string of the molecule is N#CC1(NC(=O)O[C@H]2Cc3ccc(c(Cl)c3)OCCCCOc3cc(Cl)ccc3C(=O)N2)CC1. The number of carbonyl (C=O) groups excluding carboxylic acids is 2. The molecule has 1 saturated carbocycles. The molecule has 1 aliphatic carbocycles. The van der Waals surface area contributed by atoms with Crippen LogP contribution in [0.25, 0.3) is 0 Å². The molecular formula is C24H23Cl2N3O5. The average Bonchev–Trinajstić information content (AvgIpc) is 3.56. The van der Waals surface area contributed by atoms with Gasteiger partial charge in [-0.05, 0) is 61.6 Å². The highest BCUT2D eigenvalue weighted by Crippen LogP contribution is 2.34. The van der Waals surface area contributed by atoms with Gasteiger partial charge < -0.3 is 24.8 Å². The predicted octanol–water partition coefficient (Wildman–Crippen LogP) is 4.63. The van der Waals surface area contributed by atoms with Gasteiger partial charge in [0.25, 0.3) is 5.91 Å². The van der Waals surface area contributed by atoms with Crippen LogP contribution < -0.4 is 20.1 Å². The van der Waals surface area contributed by atoms with E-state index in [1.165, 1.54) is 0 Å². The molecule has 34 heavy (non-hydrogen) atoms. The number of halogens is 2. The summed E-state index contributed by atoms with van der Waals surface area (Å²) in [7, 11) is 0. The number of hydrogen-bond donors (Lipinski definition) is 2. The normalized spacial score (nSPS) is 19.4. The molecule has 2 aromatic carbocycles. The van der Waals surface area contributed by atoms with Crippen LogP contribution in [0.3, 0.4) is 0 Å². The number of alkyl carbamates (subject to hydrolysis) is 1. The van der Waals surface area contributed by atoms with E-state index in [1.54, 1.807) is 36.4 Å². The number of benzene rings is 2. The van der Waals surface area contributed by atoms with Gasteiger partial charge in [-0.25, -0.2) is 4.79 Å². The van der Waals surface area contributed by atoms with Crippen molar-refractivity contribution in [1.82, 2.24) is 10.6 Å². The summed E-state index contributed by atoms with van der Waals surface area (Å²) in [5.41, 5.74) is 0.0705. The Morgan fingerprint density at radius 3 is 2.53 bits per heavy atom. The van der Waals surface area contributed by atoms with Crippen molar-refractivity contribution in [2.24, 2.45) is 0 Å². The Hall–Kier alpha value is -3.15. The second-order valence-corrected chi connectivity index (χ2v) is 9.04. The highest BCUT2D eigenvalue weighted by molar-refractivity contribution is 6.32. The van der Waals surface area contributed by atoms with Crippen LogP contribution in [0.15, 0.2) is 36.4 Å². The third kappa shape index (κ3) is 6.04. The van der Waals surface area contributed by atoms with Gasteiger partial charge in [0.2, 0.25) is 0 Å². The zero-order chi connectivity index (χ0) is 24.1. The van der Waals surface area contributed by atoms with Gasteiger partial charge in [0.1, 0.15) is 17.0 Å². The van der Waals surface area contributed by atoms with Gasteiger partial charge in [-0.15, -0.1) is 0 Å². The van der Waals surface area contributed by atoms with E-state index in [4.69, 9.17) is 37.4 Å². The third-order valence-electron chi connectivity index (χ3n) is 5.51. The third-order valence-corrected chi connectivity index (χ3v) is 6.04. The van der Waals surface area contributed by atoms with E-state index < -0.39 is 23.8 Å². The lowest BCUT2D eigenvalue weighted by Gasteiger charge is -2.22. The van der Waals surface area contributed by atoms with E-state index in [1.807, 2.05) is 0 Å². The van der Waals surface area contributed by atoms with Crippen LogP contribution in [-0.4, -0.2) is 37.0 Å². The second-order valence-electron chi connectivity index (χ2n) is 8.20. The van der Waals surface area contributed by atoms with Crippen molar-refractivity contribution in [3.63, 3.8) is 0 Å². The van der Waals surface area contributed by atoms with Gasteiger partial charge in [0.15, 0.2) is 6.23 Å². The molecule has 8 nitrogen and oxygen atoms in total. The molecule has 0 saturated heterocycles. The van der Waals surface area contributed by atoms with Crippen LogP contribution in [0.2, 0.25) is 10.0 Å². The standard InChI is InChI=1S/C24H23Cl2N3O5/c25-16-4-5-17-20(13-16)33-10-2-1-9-32-19-6-3-15(11-18(19)26)12-21(28-22(17)30)34-23(31)29-24(14-27)7-8-24/h3-6,11,13,21H,1-2,7-10,12H2,(H,28,30)(H,29,31)/t21-/m0/s1. The molecule has 178 valence electrons. The lowest BCUT2D eigenvalue weighted by atomic mass is 10.1. The Morgan fingerprint density at radius 2 is 1.85 bits per heavy atom. The molecule has 2 aliphatic heterocycles. The van der Waals surface area contributed by atoms with E-state index in [-0.39, 0.29) is 12.0 Å². The van der Waals surface area contributed by atoms with Gasteiger partial charge in [-0.3, -0.25) is 4.79 Å². The highest BCUT2D eigenvalue weighted by atomic mass is 35.5. The van der Waals surface area contributed by atoms with Crippen molar-refractivity contribution < 1.29 is 23.8 Å². The number of amides is 2. The molecule has 2 heterocycles. The van der Waals surface area contributed by atoms with Crippen molar-refractivity contribution in [1.29, 1.82) is 5.26 Å². The Morgan fingerprint density at radius 1 is 1.12 bits per heavy atom. The molecule has 0 spiro atoms. The Labute approximate surface area is 207 Å². The number of hydrogen-bond acceptors (Lipinski definition) is 6. The number of nitrogens with zero attached hydrogens (tertiary/aromatic N) is 1. The first kappa shape index (κ1) is 24.0. The highest BCUT2D eigenvalue weighted by Gasteiger charge is 2.45. The maximum absolute atomic E-state index is 13.1. The smallest absolute Gasteiger partial charge is 0.410 e. The Balaban J connectivity index is 1.60. The van der Waals surface area contributed by atoms with Crippen LogP contribution in [0.1, 0.15) is 41.6 Å². The molecule has 2 aromatic rings. The molecular weight excluding hydrogens is 481 g/mol. The summed E-state index contributed by atoms with van der Waals surface area (Å²) in [4.78, 5) is 25.6. The minimum atomic E-state index is -1.04. The maximum atomic E-state index is 13.1. The predicted molar refractivity (Wildman–Crippen MR) is 125 cm³/mol. The maximum Gasteiger partial charge on any atom is 0.410 e. The molecule has 0 aromatic heterocycles. The van der Waals surface area contributed by atoms with Crippen LogP contribution in [0.4, 0.5) is 4.79 Å². The Kier molecular flexibility index (Phi) is 7.35. The van der Waals surface area contributed by atoms with Gasteiger partial charge in [0, 0.05) is 11.4 Å². The first-order chi connectivity index (χ1) is 16.4. The van der Waals surface area contributed by atoms with E-state index >= 15 is 0 Å². The molecule has 3 aliphatic rings. The van der Waals surface area contributed by atoms with E-state index in [0.717, 1.165) is 12.0 Å². The zero-order valence-corrected chi connectivity index (χ0v) is 19.7. The minimum Gasteiger partial charge on any atom is -0.493 e. The average molecular weight is 504 g/mol. The van der Waals surface area contributed by atoms with Gasteiger partial charge in [0.05, 0.1) is 29.9 Å². The summed E-state index contributed by atoms with van der Waals surface area (Å²) in [6.45, 7) is 0.813. The van der Waals surface area contributed by atoms with Crippen molar-refractivity contribution in [3.8, 4) is 17.6 Å². The van der Waals surface area contributed by atoms with Crippen molar-refractivity contribution in [2.45, 2.75) is 43.9 Å². The summed E-state index contributed by atoms with van der Waals surface area (Å²) in [5, 5.41) is 15.4. The summed E-state index contributed by atoms with van der Waals surface area (Å²) in [6, 6.07) is 12.0. The molecule has 2 N–H and O–H groups in total. The Bertz CT molecular complexity index is 1130. The molecule has 1 fully saturated rings. The number of nitrogens with one attached hydrogen (secondary N) is 2. The van der Waals surface area contributed by atoms with Crippen LogP contribution >= 0.6 is 23.2 Å². The number of ether oxygens (including phenoxy) is 3. The van der Waals surface area contributed by atoms with E-state index in [0.29, 0.717) is 54.0 Å². The first-order valence-electron chi connectivity index (χ1n) is 10.9. The lowest BCUT2D eigenvalue weighted by molar-refractivity contribution is 0.0621. The summed E-state index contributed by atoms with van der Waals surface area (Å²) in [5.74, 6) is 0.373. The lowest BCUT2D eigenvalue weighted by Crippen LogP contribution is -2.45. The monoisotopic (exact) mass is 503 g/mol. The number of carbonyl (C=O) groups is 2. The van der Waals surface area contributed by atoms with Crippen LogP contribution in [0, 0.1) is 11.3 Å². The van der Waals surface area contributed by atoms with Crippen LogP contribution in [0.5, 0.6) is 11.5 Å². The van der Waals surface area contributed by atoms with Crippen molar-refractivity contribution in [3.05, 3.63) is 57.6 Å². The van der Waals surface area contributed by atoms with E-state index in [2.05, 4.69) is 16.7 Å². The zero-order valence-electron chi connectivity index (χ0n) is 18.2. The molecule has 1 atom stereocenters. The second kappa shape index (κ2) is 10.4. The van der Waals surface area contributed by atoms with Crippen molar-refractivity contribution in [2.75, 3.05) is 13.2 Å². The van der Waals surface area contributed by atoms with Gasteiger partial charge in [-0.2, -0.15) is 5.26 Å². The molecule has 2 bridgehead atoms. The fraction of sp³-hybridized carbons (Fsp3) is 0.375. The summed E-state index contributed by atoms with van der Waals surface area (Å²) >= 11 is 12.5. The summed E-state index contributed by atoms with van der Waals surface area (Å²) < 4.78 is 17.1. The quantitative estimate of drug-likeness (QED) is 0.618. The van der Waals surface area contributed by atoms with Crippen LogP contribution in [-0.2, 0) is 11.2 Å². The molecule has 2 amide bonds. The fourth-order valence-electron chi connectivity index (χ4n) is 3.46. The molecule has 0 radical (unpaired) electrons. The first-order valence-corrected chi connectivity index (χ1v) is 11.7. The number of fused-ring (bicyclic) bond motifs is 10. The van der Waals surface area contributed by atoms with Crippen molar-refractivity contribution >= 4 is 35.2 Å². The van der Waals surface area contributed by atoms with Gasteiger partial charge >= 0.3 is 6.09 Å². The molecule has 5 rings (SSSR count). The fourth-order valence-corrected chi connectivity index (χ4v) is 3.88. The number of rotatable bonds is 2. The molecule has 0 unspecified atom stereocenters. The molecule has 10 heteroatoms. The summed E-state index contributed by atoms with van der Waals surface area (Å²) in [6.07, 6.45) is 0.836.